The summed E-state index contributed by atoms with van der Waals surface area (Å²) in [6.45, 7) is 2.78. The van der Waals surface area contributed by atoms with Crippen LogP contribution < -0.4 is 5.32 Å². The second kappa shape index (κ2) is 5.97. The molecule has 1 aliphatic carbocycles. The van der Waals surface area contributed by atoms with Crippen molar-refractivity contribution in [3.63, 3.8) is 0 Å². The van der Waals surface area contributed by atoms with Gasteiger partial charge in [0, 0.05) is 12.1 Å². The Labute approximate surface area is 111 Å². The van der Waals surface area contributed by atoms with Crippen LogP contribution in [0.4, 0.5) is 10.2 Å². The quantitative estimate of drug-likeness (QED) is 0.819. The third-order valence-electron chi connectivity index (χ3n) is 3.45. The average Bonchev–Trinajstić information content (AvgIpc) is 2.33. The van der Waals surface area contributed by atoms with Gasteiger partial charge in [-0.1, -0.05) is 6.92 Å². The molecule has 19 heavy (non-hydrogen) atoms. The largest absolute Gasteiger partial charge is 0.480 e. The van der Waals surface area contributed by atoms with E-state index < -0.39 is 5.97 Å². The van der Waals surface area contributed by atoms with Crippen LogP contribution in [0.25, 0.3) is 0 Å². The lowest BCUT2D eigenvalue weighted by Gasteiger charge is -2.42. The number of hydrogen-bond donors (Lipinski definition) is 2. The van der Waals surface area contributed by atoms with Gasteiger partial charge < -0.3 is 10.4 Å². The first kappa shape index (κ1) is 13.7. The molecule has 6 heteroatoms. The summed E-state index contributed by atoms with van der Waals surface area (Å²) in [5, 5.41) is 12.0. The molecule has 5 nitrogen and oxygen atoms in total. The van der Waals surface area contributed by atoms with Gasteiger partial charge >= 0.3 is 5.97 Å². The number of pyridine rings is 1. The first-order chi connectivity index (χ1) is 9.08. The van der Waals surface area contributed by atoms with E-state index in [1.54, 1.807) is 6.07 Å². The van der Waals surface area contributed by atoms with E-state index in [1.165, 1.54) is 12.3 Å². The Morgan fingerprint density at radius 2 is 2.32 bits per heavy atom. The highest BCUT2D eigenvalue weighted by atomic mass is 19.1. The molecule has 0 radical (unpaired) electrons. The molecule has 0 aliphatic heterocycles. The monoisotopic (exact) mass is 267 g/mol. The number of halogens is 1. The zero-order chi connectivity index (χ0) is 13.8. The Morgan fingerprint density at radius 3 is 2.84 bits per heavy atom. The molecule has 2 N–H and O–H groups in total. The van der Waals surface area contributed by atoms with Crippen LogP contribution in [0.2, 0.25) is 0 Å². The van der Waals surface area contributed by atoms with E-state index in [2.05, 4.69) is 10.3 Å². The summed E-state index contributed by atoms with van der Waals surface area (Å²) in [5.74, 6) is -0.486. The summed E-state index contributed by atoms with van der Waals surface area (Å²) in [6.07, 6.45) is 2.96. The van der Waals surface area contributed by atoms with E-state index >= 15 is 0 Å². The lowest BCUT2D eigenvalue weighted by molar-refractivity contribution is -0.139. The van der Waals surface area contributed by atoms with Crippen molar-refractivity contribution in [2.24, 2.45) is 0 Å². The highest BCUT2D eigenvalue weighted by Crippen LogP contribution is 2.28. The second-order valence-electron chi connectivity index (χ2n) is 4.78. The Kier molecular flexibility index (Phi) is 4.31. The van der Waals surface area contributed by atoms with Gasteiger partial charge in [-0.3, -0.25) is 9.69 Å². The van der Waals surface area contributed by atoms with Crippen molar-refractivity contribution < 1.29 is 14.3 Å². The van der Waals surface area contributed by atoms with E-state index in [-0.39, 0.29) is 18.4 Å². The third-order valence-corrected chi connectivity index (χ3v) is 3.45. The number of nitrogens with zero attached hydrogens (tertiary/aromatic N) is 2. The molecule has 0 bridgehead atoms. The van der Waals surface area contributed by atoms with Crippen LogP contribution in [0, 0.1) is 5.82 Å². The maximum atomic E-state index is 12.7. The van der Waals surface area contributed by atoms with E-state index in [1.807, 2.05) is 11.8 Å². The molecule has 0 saturated heterocycles. The van der Waals surface area contributed by atoms with Crippen molar-refractivity contribution in [3.05, 3.63) is 24.1 Å². The van der Waals surface area contributed by atoms with Crippen LogP contribution in [0.5, 0.6) is 0 Å². The molecule has 0 unspecified atom stereocenters. The highest BCUT2D eigenvalue weighted by Gasteiger charge is 2.33. The van der Waals surface area contributed by atoms with Crippen LogP contribution >= 0.6 is 0 Å². The van der Waals surface area contributed by atoms with Crippen molar-refractivity contribution in [2.45, 2.75) is 31.8 Å². The summed E-state index contributed by atoms with van der Waals surface area (Å²) in [4.78, 5) is 16.6. The van der Waals surface area contributed by atoms with Crippen LogP contribution in [-0.2, 0) is 4.79 Å². The summed E-state index contributed by atoms with van der Waals surface area (Å²) in [5.41, 5.74) is 0. The minimum absolute atomic E-state index is 0.0860. The molecule has 104 valence electrons. The van der Waals surface area contributed by atoms with Crippen LogP contribution in [-0.4, -0.2) is 46.1 Å². The zero-order valence-corrected chi connectivity index (χ0v) is 10.8. The molecule has 0 spiro atoms. The molecule has 2 rings (SSSR count). The first-order valence-corrected chi connectivity index (χ1v) is 6.42. The molecule has 1 heterocycles. The second-order valence-corrected chi connectivity index (χ2v) is 4.78. The number of carboxylic acids is 1. The van der Waals surface area contributed by atoms with Gasteiger partial charge in [0.25, 0.3) is 0 Å². The fourth-order valence-electron chi connectivity index (χ4n) is 2.35. The normalized spacial score (nSPS) is 22.1. The molecular formula is C13H18FN3O2. The van der Waals surface area contributed by atoms with Gasteiger partial charge in [0.1, 0.15) is 11.6 Å². The molecule has 0 atom stereocenters. The van der Waals surface area contributed by atoms with Gasteiger partial charge in [0.15, 0.2) is 0 Å². The van der Waals surface area contributed by atoms with E-state index in [0.717, 1.165) is 19.4 Å². The fourth-order valence-corrected chi connectivity index (χ4v) is 2.35. The van der Waals surface area contributed by atoms with Crippen molar-refractivity contribution in [2.75, 3.05) is 18.4 Å². The van der Waals surface area contributed by atoms with Crippen molar-refractivity contribution in [1.82, 2.24) is 9.88 Å². The number of carbonyl (C=O) groups is 1. The number of anilines is 1. The van der Waals surface area contributed by atoms with E-state index in [0.29, 0.717) is 11.9 Å². The minimum atomic E-state index is -0.793. The Hall–Kier alpha value is -1.69. The Morgan fingerprint density at radius 1 is 1.58 bits per heavy atom. The summed E-state index contributed by atoms with van der Waals surface area (Å²) < 4.78 is 12.7. The standard InChI is InChI=1S/C13H18FN3O2/c1-2-17(8-13(18)19)11-5-10(6-11)16-12-4-3-9(14)7-15-12/h3-4,7,10-11H,2,5-6,8H2,1H3,(H,15,16)(H,18,19). The van der Waals surface area contributed by atoms with E-state index in [9.17, 15) is 9.18 Å². The number of likely N-dealkylation sites (N-methyl/N-ethyl adjacent to an activating group) is 1. The van der Waals surface area contributed by atoms with Gasteiger partial charge in [0.05, 0.1) is 12.7 Å². The molecule has 1 aromatic heterocycles. The van der Waals surface area contributed by atoms with Gasteiger partial charge in [-0.05, 0) is 31.5 Å². The van der Waals surface area contributed by atoms with Crippen LogP contribution in [0.1, 0.15) is 19.8 Å². The smallest absolute Gasteiger partial charge is 0.317 e. The number of aromatic nitrogens is 1. The molecule has 1 aliphatic rings. The van der Waals surface area contributed by atoms with Gasteiger partial charge in [-0.25, -0.2) is 9.37 Å². The van der Waals surface area contributed by atoms with Gasteiger partial charge in [-0.15, -0.1) is 0 Å². The molecule has 0 amide bonds. The first-order valence-electron chi connectivity index (χ1n) is 6.42. The third kappa shape index (κ3) is 3.64. The lowest BCUT2D eigenvalue weighted by atomic mass is 9.85. The van der Waals surface area contributed by atoms with Crippen LogP contribution in [0.15, 0.2) is 18.3 Å². The van der Waals surface area contributed by atoms with Crippen LogP contribution in [0.3, 0.4) is 0 Å². The number of hydrogen-bond acceptors (Lipinski definition) is 4. The number of nitrogens with one attached hydrogen (secondary N) is 1. The predicted octanol–water partition coefficient (Wildman–Crippen LogP) is 1.57. The molecular weight excluding hydrogens is 249 g/mol. The SMILES string of the molecule is CCN(CC(=O)O)C1CC(Nc2ccc(F)cn2)C1. The molecule has 0 aromatic carbocycles. The summed E-state index contributed by atoms with van der Waals surface area (Å²) in [7, 11) is 0. The molecule has 1 saturated carbocycles. The Bertz CT molecular complexity index is 432. The number of rotatable bonds is 6. The maximum Gasteiger partial charge on any atom is 0.317 e. The van der Waals surface area contributed by atoms with Gasteiger partial charge in [0.2, 0.25) is 0 Å². The van der Waals surface area contributed by atoms with Crippen molar-refractivity contribution in [1.29, 1.82) is 0 Å². The Balaban J connectivity index is 1.79. The highest BCUT2D eigenvalue weighted by molar-refractivity contribution is 5.69. The number of aliphatic carboxylic acids is 1. The molecule has 1 fully saturated rings. The summed E-state index contributed by atoms with van der Waals surface area (Å²) >= 11 is 0. The number of carboxylic acid groups (broad SMARTS) is 1. The van der Waals surface area contributed by atoms with E-state index in [4.69, 9.17) is 5.11 Å². The lowest BCUT2D eigenvalue weighted by Crippen LogP contribution is -2.51. The van der Waals surface area contributed by atoms with Crippen molar-refractivity contribution in [3.8, 4) is 0 Å². The average molecular weight is 267 g/mol. The van der Waals surface area contributed by atoms with Gasteiger partial charge in [-0.2, -0.15) is 0 Å². The predicted molar refractivity (Wildman–Crippen MR) is 69.5 cm³/mol. The topological polar surface area (TPSA) is 65.5 Å². The minimum Gasteiger partial charge on any atom is -0.480 e. The van der Waals surface area contributed by atoms with Crippen molar-refractivity contribution >= 4 is 11.8 Å². The molecule has 1 aromatic rings. The fraction of sp³-hybridized carbons (Fsp3) is 0.538. The zero-order valence-electron chi connectivity index (χ0n) is 10.8. The maximum absolute atomic E-state index is 12.7. The summed E-state index contributed by atoms with van der Waals surface area (Å²) in [6, 6.07) is 3.57.